The van der Waals surface area contributed by atoms with Gasteiger partial charge in [0.1, 0.15) is 0 Å². The molecule has 0 heterocycles. The molecule has 81 heavy (non-hydrogen) atoms. The molecule has 3 aliphatic rings. The van der Waals surface area contributed by atoms with Gasteiger partial charge in [0.05, 0.1) is 0 Å². The molecule has 0 atom stereocenters. The van der Waals surface area contributed by atoms with Crippen molar-refractivity contribution in [1.82, 2.24) is 0 Å². The van der Waals surface area contributed by atoms with E-state index in [-0.39, 0.29) is 0 Å². The zero-order chi connectivity index (χ0) is 54.3. The van der Waals surface area contributed by atoms with Crippen LogP contribution in [0.5, 0.6) is 0 Å². The zero-order valence-electron chi connectivity index (χ0n) is 47.9. The lowest BCUT2D eigenvalue weighted by Gasteiger charge is -2.23. The molecule has 0 saturated carbocycles. The predicted molar refractivity (Wildman–Crippen MR) is 350 cm³/mol. The molecule has 0 nitrogen and oxygen atoms in total. The first-order valence-corrected chi connectivity index (χ1v) is 31.0. The van der Waals surface area contributed by atoms with Crippen LogP contribution in [-0.4, -0.2) is 0 Å². The van der Waals surface area contributed by atoms with Crippen molar-refractivity contribution in [3.63, 3.8) is 0 Å². The minimum Gasteiger partial charge on any atom is -0.0617 e. The van der Waals surface area contributed by atoms with Gasteiger partial charge in [-0.25, -0.2) is 0 Å². The number of aryl methyl sites for hydroxylation is 7. The highest BCUT2D eigenvalue weighted by atomic mass is 14.3. The van der Waals surface area contributed by atoms with Crippen molar-refractivity contribution < 1.29 is 0 Å². The van der Waals surface area contributed by atoms with Crippen molar-refractivity contribution in [2.45, 2.75) is 124 Å². The number of rotatable bonds is 9. The molecule has 16 rings (SSSR count). The van der Waals surface area contributed by atoms with Crippen molar-refractivity contribution in [2.75, 3.05) is 0 Å². The minimum absolute atomic E-state index is 1.02. The summed E-state index contributed by atoms with van der Waals surface area (Å²) >= 11 is 0. The van der Waals surface area contributed by atoms with E-state index in [2.05, 4.69) is 210 Å². The zero-order valence-corrected chi connectivity index (χ0v) is 47.9. The molecule has 3 aliphatic carbocycles. The molecule has 0 unspecified atom stereocenters. The van der Waals surface area contributed by atoms with Crippen molar-refractivity contribution in [3.8, 4) is 55.6 Å². The van der Waals surface area contributed by atoms with Crippen LogP contribution < -0.4 is 0 Å². The van der Waals surface area contributed by atoms with Crippen molar-refractivity contribution >= 4 is 64.6 Å². The molecular weight excluding hydrogens is 973 g/mol. The van der Waals surface area contributed by atoms with Gasteiger partial charge >= 0.3 is 0 Å². The Morgan fingerprint density at radius 1 is 0.259 bits per heavy atom. The second-order valence-corrected chi connectivity index (χ2v) is 23.9. The summed E-state index contributed by atoms with van der Waals surface area (Å²) < 4.78 is 0. The average molecular weight is 1050 g/mol. The maximum absolute atomic E-state index is 2.56. The Labute approximate surface area is 479 Å². The van der Waals surface area contributed by atoms with Crippen LogP contribution in [0.25, 0.3) is 120 Å². The molecule has 0 amide bonds. The molecule has 0 N–H and O–H groups in total. The van der Waals surface area contributed by atoms with E-state index in [4.69, 9.17) is 0 Å². The van der Waals surface area contributed by atoms with Gasteiger partial charge in [-0.15, -0.1) is 0 Å². The molecular formula is C81H72. The lowest BCUT2D eigenvalue weighted by atomic mass is 9.80. The van der Waals surface area contributed by atoms with E-state index in [0.29, 0.717) is 0 Å². The Kier molecular flexibility index (Phi) is 12.6. The molecule has 0 fully saturated rings. The molecule has 0 aromatic heterocycles. The summed E-state index contributed by atoms with van der Waals surface area (Å²) in [5, 5.41) is 16.6. The summed E-state index contributed by atoms with van der Waals surface area (Å²) in [5.41, 5.74) is 29.3. The Bertz CT molecular complexity index is 4300. The topological polar surface area (TPSA) is 0 Å². The fourth-order valence-corrected chi connectivity index (χ4v) is 15.9. The van der Waals surface area contributed by atoms with Crippen LogP contribution in [0.15, 0.2) is 182 Å². The summed E-state index contributed by atoms with van der Waals surface area (Å²) in [6.07, 6.45) is 17.9. The van der Waals surface area contributed by atoms with E-state index < -0.39 is 0 Å². The third-order valence-corrected chi connectivity index (χ3v) is 19.7. The molecule has 0 spiro atoms. The van der Waals surface area contributed by atoms with Crippen LogP contribution in [0.4, 0.5) is 0 Å². The Balaban J connectivity index is 0.000000142. The van der Waals surface area contributed by atoms with Crippen LogP contribution in [0.2, 0.25) is 0 Å². The smallest absolute Gasteiger partial charge is 0.00143 e. The highest BCUT2D eigenvalue weighted by molar-refractivity contribution is 6.30. The second-order valence-electron chi connectivity index (χ2n) is 23.9. The SMILES string of the molecule is CCc1cccc(CC)c1-c1cc(-c2c(CC)cccc2CC)c2ccc3cc(-c4cccc5c4CCC5)cc4ccc1c2c43.c1cc2c(c(-c3ccc4ccc5ccc(-c6cccc7c6CCCC7)c6ccc3c4c56)c1)CCCC2. The Morgan fingerprint density at radius 2 is 0.617 bits per heavy atom. The third-order valence-electron chi connectivity index (χ3n) is 19.7. The number of benzene rings is 13. The Hall–Kier alpha value is -8.06. The summed E-state index contributed by atoms with van der Waals surface area (Å²) in [4.78, 5) is 0. The van der Waals surface area contributed by atoms with Crippen LogP contribution >= 0.6 is 0 Å². The second kappa shape index (κ2) is 20.5. The fourth-order valence-electron chi connectivity index (χ4n) is 15.9. The highest BCUT2D eigenvalue weighted by Gasteiger charge is 2.25. The highest BCUT2D eigenvalue weighted by Crippen LogP contribution is 2.49. The summed E-state index contributed by atoms with van der Waals surface area (Å²) in [6.45, 7) is 9.22. The number of fused-ring (bicyclic) bond motifs is 3. The van der Waals surface area contributed by atoms with Crippen molar-refractivity contribution in [2.24, 2.45) is 0 Å². The maximum Gasteiger partial charge on any atom is -0.00143 e. The fraction of sp³-hybridized carbons (Fsp3) is 0.235. The third kappa shape index (κ3) is 8.14. The molecule has 13 aromatic rings. The van der Waals surface area contributed by atoms with E-state index in [1.807, 2.05) is 0 Å². The molecule has 0 saturated heterocycles. The number of hydrogen-bond acceptors (Lipinski definition) is 0. The maximum atomic E-state index is 2.56. The van der Waals surface area contributed by atoms with E-state index in [9.17, 15) is 0 Å². The molecule has 0 bridgehead atoms. The summed E-state index contributed by atoms with van der Waals surface area (Å²) in [6, 6.07) is 70.9. The predicted octanol–water partition coefficient (Wildman–Crippen LogP) is 22.0. The summed E-state index contributed by atoms with van der Waals surface area (Å²) in [7, 11) is 0. The van der Waals surface area contributed by atoms with Gasteiger partial charge in [0, 0.05) is 0 Å². The van der Waals surface area contributed by atoms with E-state index in [1.165, 1.54) is 219 Å². The van der Waals surface area contributed by atoms with Gasteiger partial charge in [-0.3, -0.25) is 0 Å². The number of hydrogen-bond donors (Lipinski definition) is 0. The van der Waals surface area contributed by atoms with Crippen molar-refractivity contribution in [3.05, 3.63) is 238 Å². The van der Waals surface area contributed by atoms with Crippen molar-refractivity contribution in [1.29, 1.82) is 0 Å². The van der Waals surface area contributed by atoms with E-state index in [0.717, 1.165) is 25.7 Å². The van der Waals surface area contributed by atoms with E-state index in [1.54, 1.807) is 27.8 Å². The normalized spacial score (nSPS) is 14.1. The van der Waals surface area contributed by atoms with Crippen LogP contribution in [0.3, 0.4) is 0 Å². The Morgan fingerprint density at radius 3 is 1.09 bits per heavy atom. The first kappa shape index (κ1) is 49.9. The molecule has 396 valence electrons. The minimum atomic E-state index is 1.02. The van der Waals surface area contributed by atoms with Crippen LogP contribution in [-0.2, 0) is 64.2 Å². The lowest BCUT2D eigenvalue weighted by molar-refractivity contribution is 0.687. The first-order valence-electron chi connectivity index (χ1n) is 31.0. The standard InChI is InChI=1S/C45H42.C36H30/c1-5-28-13-9-14-29(6-2)42(28)40-27-41(43-30(7-3)15-10-16-31(43)8-4)39-24-22-34-26-35(25-33-21-23-38(40)45(39)44(33)34)37-20-12-18-32-17-11-19-36(32)37;1-3-11-27-23(7-1)9-5-13-29(27)31-19-17-25-15-16-26-18-20-32(34-22-21-33(31)35(25)36(26)34)30-14-6-10-24-8-2-4-12-28(24)30/h9-10,12-16,18,20-27H,5-8,11,17,19H2,1-4H3;5-6,9-10,13-22H,1-4,7-8,11-12H2. The van der Waals surface area contributed by atoms with E-state index >= 15 is 0 Å². The van der Waals surface area contributed by atoms with Gasteiger partial charge in [-0.2, -0.15) is 0 Å². The largest absolute Gasteiger partial charge is 0.0617 e. The van der Waals surface area contributed by atoms with Crippen LogP contribution in [0, 0.1) is 0 Å². The van der Waals surface area contributed by atoms with Gasteiger partial charge < -0.3 is 0 Å². The quantitative estimate of drug-likeness (QED) is 0.126. The summed E-state index contributed by atoms with van der Waals surface area (Å²) in [5.74, 6) is 0. The lowest BCUT2D eigenvalue weighted by Crippen LogP contribution is -2.04. The average Bonchev–Trinajstić information content (AvgIpc) is 4.05. The molecule has 0 aliphatic heterocycles. The van der Waals surface area contributed by atoms with Gasteiger partial charge in [-0.1, -0.05) is 191 Å². The van der Waals surface area contributed by atoms with Gasteiger partial charge in [0.2, 0.25) is 0 Å². The molecule has 13 aromatic carbocycles. The van der Waals surface area contributed by atoms with Crippen LogP contribution in [0.1, 0.15) is 115 Å². The monoisotopic (exact) mass is 1040 g/mol. The first-order chi connectivity index (χ1) is 40.0. The van der Waals surface area contributed by atoms with Gasteiger partial charge in [0.25, 0.3) is 0 Å². The van der Waals surface area contributed by atoms with Gasteiger partial charge in [-0.05, 0) is 290 Å². The molecule has 0 heteroatoms. The molecule has 0 radical (unpaired) electrons. The van der Waals surface area contributed by atoms with Gasteiger partial charge in [0.15, 0.2) is 0 Å².